The molecule has 9 heteroatoms. The molecule has 0 aliphatic carbocycles. The first-order chi connectivity index (χ1) is 13.0. The molecule has 0 aliphatic heterocycles. The number of pyridine rings is 1. The van der Waals surface area contributed by atoms with Gasteiger partial charge in [-0.15, -0.1) is 0 Å². The minimum absolute atomic E-state index is 0.107. The van der Waals surface area contributed by atoms with E-state index in [0.29, 0.717) is 40.3 Å². The first-order valence-electron chi connectivity index (χ1n) is 8.16. The van der Waals surface area contributed by atoms with Crippen molar-refractivity contribution in [3.05, 3.63) is 63.8 Å². The molecular weight excluding hydrogens is 387 g/mol. The van der Waals surface area contributed by atoms with Gasteiger partial charge in [-0.25, -0.2) is 9.97 Å². The van der Waals surface area contributed by atoms with Crippen molar-refractivity contribution >= 4 is 46.6 Å². The summed E-state index contributed by atoms with van der Waals surface area (Å²) < 4.78 is 0. The van der Waals surface area contributed by atoms with Gasteiger partial charge in [0.05, 0.1) is 16.3 Å². The van der Waals surface area contributed by atoms with Crippen molar-refractivity contribution in [2.24, 2.45) is 0 Å². The monoisotopic (exact) mass is 402 g/mol. The predicted molar refractivity (Wildman–Crippen MR) is 106 cm³/mol. The second-order valence-corrected chi connectivity index (χ2v) is 6.39. The van der Waals surface area contributed by atoms with Gasteiger partial charge >= 0.3 is 0 Å². The van der Waals surface area contributed by atoms with E-state index in [1.807, 2.05) is 26.0 Å². The van der Waals surface area contributed by atoms with E-state index in [1.165, 1.54) is 6.20 Å². The van der Waals surface area contributed by atoms with E-state index < -0.39 is 0 Å². The molecular formula is C18H16Cl2N6O. The molecule has 0 spiro atoms. The lowest BCUT2D eigenvalue weighted by atomic mass is 10.2. The fraction of sp³-hybridized carbons (Fsp3) is 0.167. The number of benzene rings is 1. The van der Waals surface area contributed by atoms with Crippen LogP contribution in [0.4, 0.5) is 17.5 Å². The quantitative estimate of drug-likeness (QED) is 0.654. The molecule has 0 radical (unpaired) electrons. The maximum Gasteiger partial charge on any atom is 0.257 e. The molecule has 2 heterocycles. The number of anilines is 3. The maximum absolute atomic E-state index is 12.4. The molecule has 0 unspecified atom stereocenters. The van der Waals surface area contributed by atoms with Gasteiger partial charge in [0.2, 0.25) is 11.2 Å². The number of nitrogens with zero attached hydrogens (tertiary/aromatic N) is 4. The Balaban J connectivity index is 1.73. The van der Waals surface area contributed by atoms with E-state index in [-0.39, 0.29) is 11.2 Å². The third-order valence-electron chi connectivity index (χ3n) is 3.70. The zero-order valence-electron chi connectivity index (χ0n) is 14.6. The smallest absolute Gasteiger partial charge is 0.257 e. The first kappa shape index (κ1) is 19.0. The van der Waals surface area contributed by atoms with Crippen LogP contribution in [0.3, 0.4) is 0 Å². The van der Waals surface area contributed by atoms with Crippen LogP contribution in [0, 0.1) is 6.92 Å². The molecule has 0 bridgehead atoms. The van der Waals surface area contributed by atoms with Crippen LogP contribution in [0.25, 0.3) is 0 Å². The first-order valence-corrected chi connectivity index (χ1v) is 8.92. The van der Waals surface area contributed by atoms with Crippen LogP contribution in [0.15, 0.2) is 36.5 Å². The molecule has 3 rings (SSSR count). The molecule has 1 amide bonds. The summed E-state index contributed by atoms with van der Waals surface area (Å²) in [5.74, 6) is 1.04. The number of aromatic nitrogens is 4. The van der Waals surface area contributed by atoms with Crippen molar-refractivity contribution in [2.75, 3.05) is 10.6 Å². The lowest BCUT2D eigenvalue weighted by molar-refractivity contribution is 0.102. The highest BCUT2D eigenvalue weighted by Crippen LogP contribution is 2.25. The van der Waals surface area contributed by atoms with Crippen molar-refractivity contribution in [3.8, 4) is 0 Å². The maximum atomic E-state index is 12.4. The van der Waals surface area contributed by atoms with Crippen LogP contribution in [0.5, 0.6) is 0 Å². The Hall–Kier alpha value is -2.77. The Morgan fingerprint density at radius 1 is 1.11 bits per heavy atom. The third-order valence-corrected chi connectivity index (χ3v) is 4.18. The number of hydrogen-bond donors (Lipinski definition) is 2. The van der Waals surface area contributed by atoms with E-state index in [2.05, 4.69) is 30.6 Å². The standard InChI is InChI=1S/C18H16Cl2N6O/c1-3-13-22-17(20)26-18(23-13)24-14-8-7-11(9-21-14)16(27)25-15-10(2)5-4-6-12(15)19/h4-9H,3H2,1-2H3,(H,25,27)(H,21,22,23,24,26). The molecule has 1 aromatic carbocycles. The summed E-state index contributed by atoms with van der Waals surface area (Å²) in [7, 11) is 0. The minimum atomic E-state index is -0.304. The third kappa shape index (κ3) is 4.69. The van der Waals surface area contributed by atoms with Crippen molar-refractivity contribution in [3.63, 3.8) is 0 Å². The highest BCUT2D eigenvalue weighted by atomic mass is 35.5. The van der Waals surface area contributed by atoms with Crippen LogP contribution in [0.1, 0.15) is 28.7 Å². The number of carbonyl (C=O) groups is 1. The summed E-state index contributed by atoms with van der Waals surface area (Å²) in [6.45, 7) is 3.79. The molecule has 7 nitrogen and oxygen atoms in total. The molecule has 2 aromatic heterocycles. The Labute approximate surface area is 166 Å². The Kier molecular flexibility index (Phi) is 5.83. The summed E-state index contributed by atoms with van der Waals surface area (Å²) in [5, 5.41) is 6.33. The van der Waals surface area contributed by atoms with Gasteiger partial charge in [-0.3, -0.25) is 4.79 Å². The number of carbonyl (C=O) groups excluding carboxylic acids is 1. The fourth-order valence-electron chi connectivity index (χ4n) is 2.30. The molecule has 0 atom stereocenters. The number of amides is 1. The van der Waals surface area contributed by atoms with E-state index in [0.717, 1.165) is 5.56 Å². The lowest BCUT2D eigenvalue weighted by Gasteiger charge is -2.10. The van der Waals surface area contributed by atoms with Crippen LogP contribution < -0.4 is 10.6 Å². The van der Waals surface area contributed by atoms with Gasteiger partial charge in [0.25, 0.3) is 5.91 Å². The second-order valence-electron chi connectivity index (χ2n) is 5.64. The molecule has 3 aromatic rings. The predicted octanol–water partition coefficient (Wildman–Crippen LogP) is 4.44. The average molecular weight is 403 g/mol. The number of nitrogens with one attached hydrogen (secondary N) is 2. The van der Waals surface area contributed by atoms with Crippen LogP contribution in [-0.2, 0) is 6.42 Å². The summed E-state index contributed by atoms with van der Waals surface area (Å²) in [6.07, 6.45) is 2.08. The van der Waals surface area contributed by atoms with Crippen LogP contribution >= 0.6 is 23.2 Å². The van der Waals surface area contributed by atoms with E-state index >= 15 is 0 Å². The number of para-hydroxylation sites is 1. The average Bonchev–Trinajstić information content (AvgIpc) is 2.64. The van der Waals surface area contributed by atoms with Crippen LogP contribution in [0.2, 0.25) is 10.3 Å². The summed E-state index contributed by atoms with van der Waals surface area (Å²) >= 11 is 12.0. The van der Waals surface area contributed by atoms with Crippen molar-refractivity contribution in [2.45, 2.75) is 20.3 Å². The minimum Gasteiger partial charge on any atom is -0.320 e. The number of halogens is 2. The Morgan fingerprint density at radius 3 is 2.59 bits per heavy atom. The highest BCUT2D eigenvalue weighted by molar-refractivity contribution is 6.34. The number of rotatable bonds is 5. The topological polar surface area (TPSA) is 92.7 Å². The second kappa shape index (κ2) is 8.28. The van der Waals surface area contributed by atoms with Crippen molar-refractivity contribution in [1.29, 1.82) is 0 Å². The van der Waals surface area contributed by atoms with E-state index in [9.17, 15) is 4.79 Å². The Bertz CT molecular complexity index is 958. The number of aryl methyl sites for hydroxylation is 2. The largest absolute Gasteiger partial charge is 0.320 e. The summed E-state index contributed by atoms with van der Waals surface area (Å²) in [4.78, 5) is 28.9. The van der Waals surface area contributed by atoms with Gasteiger partial charge in [-0.1, -0.05) is 30.7 Å². The van der Waals surface area contributed by atoms with Crippen molar-refractivity contribution in [1.82, 2.24) is 19.9 Å². The zero-order chi connectivity index (χ0) is 19.4. The van der Waals surface area contributed by atoms with E-state index in [4.69, 9.17) is 23.2 Å². The normalized spacial score (nSPS) is 10.5. The van der Waals surface area contributed by atoms with E-state index in [1.54, 1.807) is 18.2 Å². The van der Waals surface area contributed by atoms with Gasteiger partial charge in [0.1, 0.15) is 11.6 Å². The van der Waals surface area contributed by atoms with Gasteiger partial charge < -0.3 is 10.6 Å². The molecule has 138 valence electrons. The SMILES string of the molecule is CCc1nc(Cl)nc(Nc2ccc(C(=O)Nc3c(C)cccc3Cl)cn2)n1. The highest BCUT2D eigenvalue weighted by Gasteiger charge is 2.11. The molecule has 0 aliphatic rings. The molecule has 27 heavy (non-hydrogen) atoms. The van der Waals surface area contributed by atoms with Gasteiger partial charge in [-0.05, 0) is 42.3 Å². The molecule has 0 saturated carbocycles. The molecule has 0 saturated heterocycles. The lowest BCUT2D eigenvalue weighted by Crippen LogP contribution is -2.13. The fourth-order valence-corrected chi connectivity index (χ4v) is 2.74. The summed E-state index contributed by atoms with van der Waals surface area (Å²) in [6, 6.07) is 8.71. The number of hydrogen-bond acceptors (Lipinski definition) is 6. The molecule has 0 fully saturated rings. The van der Waals surface area contributed by atoms with Crippen LogP contribution in [-0.4, -0.2) is 25.8 Å². The molecule has 2 N–H and O–H groups in total. The van der Waals surface area contributed by atoms with Gasteiger partial charge in [0.15, 0.2) is 0 Å². The van der Waals surface area contributed by atoms with Crippen molar-refractivity contribution < 1.29 is 4.79 Å². The van der Waals surface area contributed by atoms with Gasteiger partial charge in [0, 0.05) is 12.6 Å². The van der Waals surface area contributed by atoms with Gasteiger partial charge in [-0.2, -0.15) is 9.97 Å². The summed E-state index contributed by atoms with van der Waals surface area (Å²) in [5.41, 5.74) is 1.85. The zero-order valence-corrected chi connectivity index (χ0v) is 16.1. The Morgan fingerprint density at radius 2 is 1.93 bits per heavy atom.